The second-order valence-corrected chi connectivity index (χ2v) is 5.52. The first-order valence-electron chi connectivity index (χ1n) is 4.31. The molecule has 0 aliphatic heterocycles. The summed E-state index contributed by atoms with van der Waals surface area (Å²) in [5, 5.41) is 13.9. The molecule has 0 unspecified atom stereocenters. The van der Waals surface area contributed by atoms with E-state index in [9.17, 15) is 0 Å². The van der Waals surface area contributed by atoms with Gasteiger partial charge in [-0.25, -0.2) is 0 Å². The van der Waals surface area contributed by atoms with E-state index in [1.54, 1.807) is 6.07 Å². The molecule has 2 aromatic heterocycles. The van der Waals surface area contributed by atoms with Crippen molar-refractivity contribution in [3.8, 4) is 6.07 Å². The average molecular weight is 286 g/mol. The van der Waals surface area contributed by atoms with Crippen LogP contribution in [0.25, 0.3) is 10.6 Å². The maximum Gasteiger partial charge on any atom is 0.102 e. The lowest BCUT2D eigenvalue weighted by Crippen LogP contribution is -1.80. The third kappa shape index (κ3) is 2.16. The van der Waals surface area contributed by atoms with Crippen molar-refractivity contribution in [3.63, 3.8) is 0 Å². The van der Waals surface area contributed by atoms with E-state index in [1.165, 1.54) is 22.7 Å². The number of nitrogens with zero attached hydrogens (tertiary/aromatic N) is 1. The molecule has 0 bridgehead atoms. The van der Waals surface area contributed by atoms with Gasteiger partial charge in [-0.1, -0.05) is 29.3 Å². The molecular weight excluding hydrogens is 281 g/mol. The van der Waals surface area contributed by atoms with Crippen molar-refractivity contribution < 1.29 is 0 Å². The Bertz CT molecular complexity index is 561. The van der Waals surface area contributed by atoms with Gasteiger partial charge in [-0.3, -0.25) is 0 Å². The van der Waals surface area contributed by atoms with Crippen LogP contribution in [0.2, 0.25) is 5.02 Å². The van der Waals surface area contributed by atoms with Crippen LogP contribution >= 0.6 is 45.9 Å². The van der Waals surface area contributed by atoms with Crippen molar-refractivity contribution in [1.82, 2.24) is 0 Å². The predicted octanol–water partition coefficient (Wildman–Crippen LogP) is 5.09. The van der Waals surface area contributed by atoms with Crippen LogP contribution in [0, 0.1) is 11.3 Å². The standard InChI is InChI=1S/C11H5Cl2NS2/c12-8-3-5-16-11(8)10(13)7(6-14)9-2-1-4-15-9/h1-5H/b10-7-. The van der Waals surface area contributed by atoms with E-state index in [1.807, 2.05) is 22.9 Å². The second-order valence-electron chi connectivity index (χ2n) is 2.88. The summed E-state index contributed by atoms with van der Waals surface area (Å²) < 4.78 is 0. The van der Waals surface area contributed by atoms with Crippen LogP contribution in [-0.2, 0) is 0 Å². The minimum atomic E-state index is 0.421. The van der Waals surface area contributed by atoms with Crippen molar-refractivity contribution in [2.24, 2.45) is 0 Å². The molecule has 0 saturated heterocycles. The molecule has 0 aromatic carbocycles. The zero-order valence-corrected chi connectivity index (χ0v) is 11.1. The minimum absolute atomic E-state index is 0.421. The molecule has 80 valence electrons. The smallest absolute Gasteiger partial charge is 0.102 e. The van der Waals surface area contributed by atoms with E-state index < -0.39 is 0 Å². The van der Waals surface area contributed by atoms with Gasteiger partial charge in [0.25, 0.3) is 0 Å². The molecule has 0 aliphatic carbocycles. The van der Waals surface area contributed by atoms with Gasteiger partial charge in [0.1, 0.15) is 6.07 Å². The summed E-state index contributed by atoms with van der Waals surface area (Å²) in [7, 11) is 0. The third-order valence-corrected chi connectivity index (χ3v) is 4.65. The lowest BCUT2D eigenvalue weighted by Gasteiger charge is -1.99. The van der Waals surface area contributed by atoms with Crippen LogP contribution in [-0.4, -0.2) is 0 Å². The van der Waals surface area contributed by atoms with Gasteiger partial charge in [0.15, 0.2) is 0 Å². The fourth-order valence-corrected chi connectivity index (χ4v) is 3.50. The van der Waals surface area contributed by atoms with Crippen LogP contribution < -0.4 is 0 Å². The summed E-state index contributed by atoms with van der Waals surface area (Å²) in [6.45, 7) is 0. The Balaban J connectivity index is 2.56. The molecule has 5 heteroatoms. The maximum atomic E-state index is 9.13. The number of hydrogen-bond acceptors (Lipinski definition) is 3. The lowest BCUT2D eigenvalue weighted by molar-refractivity contribution is 1.54. The van der Waals surface area contributed by atoms with Gasteiger partial charge in [0.2, 0.25) is 0 Å². The van der Waals surface area contributed by atoms with Gasteiger partial charge in [0.05, 0.1) is 20.5 Å². The Morgan fingerprint density at radius 2 is 2.06 bits per heavy atom. The summed E-state index contributed by atoms with van der Waals surface area (Å²) >= 11 is 15.1. The number of hydrogen-bond donors (Lipinski definition) is 0. The van der Waals surface area contributed by atoms with Crippen molar-refractivity contribution in [1.29, 1.82) is 5.26 Å². The van der Waals surface area contributed by atoms with E-state index in [0.29, 0.717) is 15.6 Å². The van der Waals surface area contributed by atoms with Gasteiger partial charge in [-0.2, -0.15) is 5.26 Å². The number of allylic oxidation sites excluding steroid dienone is 1. The largest absolute Gasteiger partial charge is 0.192 e. The van der Waals surface area contributed by atoms with Gasteiger partial charge in [-0.05, 0) is 22.9 Å². The third-order valence-electron chi connectivity index (χ3n) is 1.92. The van der Waals surface area contributed by atoms with E-state index in [2.05, 4.69) is 6.07 Å². The average Bonchev–Trinajstić information content (AvgIpc) is 2.90. The van der Waals surface area contributed by atoms with E-state index >= 15 is 0 Å². The Kier molecular flexibility index (Phi) is 3.67. The maximum absolute atomic E-state index is 9.13. The molecule has 16 heavy (non-hydrogen) atoms. The van der Waals surface area contributed by atoms with Crippen molar-refractivity contribution in [2.45, 2.75) is 0 Å². The zero-order chi connectivity index (χ0) is 11.5. The molecule has 0 radical (unpaired) electrons. The molecule has 0 amide bonds. The fraction of sp³-hybridized carbons (Fsp3) is 0. The van der Waals surface area contributed by atoms with Gasteiger partial charge in [-0.15, -0.1) is 22.7 Å². The molecule has 1 nitrogen and oxygen atoms in total. The molecule has 0 atom stereocenters. The monoisotopic (exact) mass is 285 g/mol. The topological polar surface area (TPSA) is 23.8 Å². The Labute approximate surface area is 111 Å². The molecule has 2 rings (SSSR count). The summed E-state index contributed by atoms with van der Waals surface area (Å²) in [5.74, 6) is 0. The molecule has 0 spiro atoms. The highest BCUT2D eigenvalue weighted by molar-refractivity contribution is 7.13. The number of thiophene rings is 2. The summed E-state index contributed by atoms with van der Waals surface area (Å²) in [6, 6.07) is 7.65. The summed E-state index contributed by atoms with van der Waals surface area (Å²) in [6.07, 6.45) is 0. The highest BCUT2D eigenvalue weighted by Gasteiger charge is 2.13. The molecule has 0 aliphatic rings. The Morgan fingerprint density at radius 3 is 2.56 bits per heavy atom. The van der Waals surface area contributed by atoms with E-state index in [4.69, 9.17) is 28.5 Å². The highest BCUT2D eigenvalue weighted by Crippen LogP contribution is 2.37. The van der Waals surface area contributed by atoms with Crippen LogP contribution in [0.5, 0.6) is 0 Å². The van der Waals surface area contributed by atoms with Gasteiger partial charge >= 0.3 is 0 Å². The molecule has 0 saturated carbocycles. The molecule has 0 fully saturated rings. The van der Waals surface area contributed by atoms with Crippen LogP contribution in [0.15, 0.2) is 29.0 Å². The molecule has 0 N–H and O–H groups in total. The normalized spacial score (nSPS) is 12.1. The van der Waals surface area contributed by atoms with Crippen molar-refractivity contribution in [3.05, 3.63) is 43.7 Å². The Hall–Kier alpha value is -0.790. The van der Waals surface area contributed by atoms with Crippen LogP contribution in [0.4, 0.5) is 0 Å². The van der Waals surface area contributed by atoms with Crippen LogP contribution in [0.3, 0.4) is 0 Å². The lowest BCUT2D eigenvalue weighted by atomic mass is 10.2. The fourth-order valence-electron chi connectivity index (χ4n) is 1.20. The van der Waals surface area contributed by atoms with Gasteiger partial charge < -0.3 is 0 Å². The first kappa shape index (κ1) is 11.7. The van der Waals surface area contributed by atoms with E-state index in [0.717, 1.165) is 9.75 Å². The molecule has 2 aromatic rings. The Morgan fingerprint density at radius 1 is 1.25 bits per heavy atom. The molecule has 2 heterocycles. The quantitative estimate of drug-likeness (QED) is 0.705. The van der Waals surface area contributed by atoms with Crippen molar-refractivity contribution in [2.75, 3.05) is 0 Å². The molecular formula is C11H5Cl2NS2. The number of nitriles is 1. The summed E-state index contributed by atoms with van der Waals surface area (Å²) in [5.41, 5.74) is 0.473. The summed E-state index contributed by atoms with van der Waals surface area (Å²) in [4.78, 5) is 1.60. The minimum Gasteiger partial charge on any atom is -0.192 e. The second kappa shape index (κ2) is 5.03. The highest BCUT2D eigenvalue weighted by atomic mass is 35.5. The van der Waals surface area contributed by atoms with Gasteiger partial charge in [0, 0.05) is 4.88 Å². The zero-order valence-electron chi connectivity index (χ0n) is 7.91. The van der Waals surface area contributed by atoms with Crippen molar-refractivity contribution >= 4 is 56.5 Å². The van der Waals surface area contributed by atoms with E-state index in [-0.39, 0.29) is 0 Å². The first-order valence-corrected chi connectivity index (χ1v) is 6.82. The van der Waals surface area contributed by atoms with Crippen LogP contribution in [0.1, 0.15) is 9.75 Å². The SMILES string of the molecule is N#C/C(=C(/Cl)c1sccc1Cl)c1cccs1. The number of halogens is 2. The first-order chi connectivity index (χ1) is 7.74. The predicted molar refractivity (Wildman–Crippen MR) is 71.9 cm³/mol. The number of rotatable bonds is 2.